The normalized spacial score (nSPS) is 14.0. The lowest BCUT2D eigenvalue weighted by atomic mass is 9.93. The van der Waals surface area contributed by atoms with Crippen molar-refractivity contribution < 1.29 is 4.79 Å². The van der Waals surface area contributed by atoms with Crippen molar-refractivity contribution in [3.63, 3.8) is 0 Å². The number of unbranched alkanes of at least 4 members (excludes halogenated alkanes) is 2. The number of nitrogens with one attached hydrogen (secondary N) is 3. The van der Waals surface area contributed by atoms with E-state index >= 15 is 0 Å². The Labute approximate surface area is 205 Å². The number of thioether (sulfide) groups is 1. The number of carbonyl (C=O) groups excluding carboxylic acids is 1. The maximum Gasteiger partial charge on any atom is 0.333 e. The highest BCUT2D eigenvalue weighted by molar-refractivity contribution is 7.99. The summed E-state index contributed by atoms with van der Waals surface area (Å²) in [5, 5.41) is 4.58. The quantitative estimate of drug-likeness (QED) is 0.107. The first-order valence-corrected chi connectivity index (χ1v) is 14.5. The summed E-state index contributed by atoms with van der Waals surface area (Å²) >= 11 is 2.94. The number of hydrogen-bond acceptors (Lipinski definition) is 6. The second kappa shape index (κ2) is 18.4. The lowest BCUT2D eigenvalue weighted by Crippen LogP contribution is -2.44. The molecule has 1 rings (SSSR count). The summed E-state index contributed by atoms with van der Waals surface area (Å²) in [5.74, 6) is 2.54. The number of rotatable bonds is 19. The molecule has 0 radical (unpaired) electrons. The Morgan fingerprint density at radius 3 is 2.28 bits per heavy atom. The fourth-order valence-corrected chi connectivity index (χ4v) is 5.47. The van der Waals surface area contributed by atoms with Gasteiger partial charge in [0.2, 0.25) is 10.3 Å². The van der Waals surface area contributed by atoms with Crippen LogP contribution in [0.15, 0.2) is 5.16 Å². The molecule has 0 aliphatic heterocycles. The van der Waals surface area contributed by atoms with Crippen LogP contribution >= 0.6 is 23.3 Å². The number of amides is 2. The summed E-state index contributed by atoms with van der Waals surface area (Å²) in [6.45, 7) is 11.3. The molecule has 186 valence electrons. The topological polar surface area (TPSA) is 78.9 Å². The average Bonchev–Trinajstić information content (AvgIpc) is 3.22. The molecular weight excluding hydrogens is 438 g/mol. The first-order valence-electron chi connectivity index (χ1n) is 12.8. The molecule has 0 aromatic carbocycles. The smallest absolute Gasteiger partial charge is 0.333 e. The van der Waals surface area contributed by atoms with Crippen LogP contribution in [0.2, 0.25) is 0 Å². The van der Waals surface area contributed by atoms with Gasteiger partial charge in [0.15, 0.2) is 0 Å². The molecule has 2 amide bonds. The van der Waals surface area contributed by atoms with Crippen LogP contribution in [-0.2, 0) is 0 Å². The van der Waals surface area contributed by atoms with Gasteiger partial charge in [-0.2, -0.15) is 9.36 Å². The van der Waals surface area contributed by atoms with Crippen LogP contribution in [0.3, 0.4) is 0 Å². The predicted octanol–water partition coefficient (Wildman–Crippen LogP) is 7.64. The molecule has 3 atom stereocenters. The van der Waals surface area contributed by atoms with Crippen molar-refractivity contribution in [3.8, 4) is 0 Å². The summed E-state index contributed by atoms with van der Waals surface area (Å²) in [6.07, 6.45) is 14.3. The SMILES string of the molecule is CCCCSc1nsc(NNC(=O)NC(CCCCC(C)CCC)CCC(C)CCC)n1. The largest absolute Gasteiger partial charge is 0.334 e. The molecule has 0 saturated heterocycles. The van der Waals surface area contributed by atoms with Crippen LogP contribution in [-0.4, -0.2) is 27.2 Å². The molecule has 8 heteroatoms. The number of carbonyl (C=O) groups is 1. The van der Waals surface area contributed by atoms with Gasteiger partial charge in [-0.25, -0.2) is 10.2 Å². The number of hydrazine groups is 1. The second-order valence-corrected chi connectivity index (χ2v) is 11.0. The van der Waals surface area contributed by atoms with Crippen LogP contribution in [0, 0.1) is 11.8 Å². The van der Waals surface area contributed by atoms with Crippen molar-refractivity contribution in [2.24, 2.45) is 11.8 Å². The molecule has 3 unspecified atom stereocenters. The van der Waals surface area contributed by atoms with E-state index in [1.54, 1.807) is 11.8 Å². The third-order valence-corrected chi connectivity index (χ3v) is 7.50. The monoisotopic (exact) mass is 485 g/mol. The standard InChI is InChI=1S/C24H47N5OS2/c1-6-9-18-31-24-26-23(32-29-24)28-27-22(30)25-21(17-16-20(5)13-8-3)15-11-10-14-19(4)12-7-2/h19-21H,6-18H2,1-5H3,(H2,25,27,30)(H,26,28,29). The Hall–Kier alpha value is -1.02. The van der Waals surface area contributed by atoms with Crippen molar-refractivity contribution in [1.29, 1.82) is 0 Å². The van der Waals surface area contributed by atoms with E-state index in [-0.39, 0.29) is 12.1 Å². The molecule has 0 bridgehead atoms. The number of nitrogens with zero attached hydrogens (tertiary/aromatic N) is 2. The van der Waals surface area contributed by atoms with Gasteiger partial charge in [0.05, 0.1) is 0 Å². The van der Waals surface area contributed by atoms with Crippen LogP contribution < -0.4 is 16.2 Å². The number of hydrogen-bond donors (Lipinski definition) is 3. The minimum atomic E-state index is -0.187. The van der Waals surface area contributed by atoms with E-state index in [0.29, 0.717) is 11.0 Å². The fourth-order valence-electron chi connectivity index (χ4n) is 3.89. The Morgan fingerprint density at radius 2 is 1.59 bits per heavy atom. The van der Waals surface area contributed by atoms with E-state index < -0.39 is 0 Å². The molecule has 3 N–H and O–H groups in total. The first-order chi connectivity index (χ1) is 15.5. The van der Waals surface area contributed by atoms with E-state index in [1.807, 2.05) is 0 Å². The van der Waals surface area contributed by atoms with Crippen LogP contribution in [0.1, 0.15) is 112 Å². The maximum absolute atomic E-state index is 12.5. The van der Waals surface area contributed by atoms with E-state index in [9.17, 15) is 4.79 Å². The van der Waals surface area contributed by atoms with Gasteiger partial charge in [0.1, 0.15) is 0 Å². The van der Waals surface area contributed by atoms with E-state index in [0.717, 1.165) is 42.5 Å². The molecule has 1 heterocycles. The van der Waals surface area contributed by atoms with Crippen molar-refractivity contribution in [2.45, 2.75) is 123 Å². The van der Waals surface area contributed by atoms with Gasteiger partial charge in [-0.3, -0.25) is 5.43 Å². The van der Waals surface area contributed by atoms with Gasteiger partial charge >= 0.3 is 6.03 Å². The third-order valence-electron chi connectivity index (χ3n) is 5.83. The second-order valence-electron chi connectivity index (χ2n) is 9.15. The summed E-state index contributed by atoms with van der Waals surface area (Å²) in [5.41, 5.74) is 5.66. The molecule has 1 aromatic heterocycles. The zero-order chi connectivity index (χ0) is 23.6. The molecule has 0 aliphatic carbocycles. The van der Waals surface area contributed by atoms with Crippen LogP contribution in [0.4, 0.5) is 9.93 Å². The Bertz CT molecular complexity index is 599. The molecule has 0 aliphatic rings. The molecule has 1 aromatic rings. The highest BCUT2D eigenvalue weighted by atomic mass is 32.2. The van der Waals surface area contributed by atoms with Gasteiger partial charge in [-0.05, 0) is 37.5 Å². The molecular formula is C24H47N5OS2. The van der Waals surface area contributed by atoms with Crippen molar-refractivity contribution in [3.05, 3.63) is 0 Å². The highest BCUT2D eigenvalue weighted by Crippen LogP contribution is 2.21. The number of aromatic nitrogens is 2. The number of anilines is 1. The summed E-state index contributed by atoms with van der Waals surface area (Å²) in [7, 11) is 0. The van der Waals surface area contributed by atoms with Gasteiger partial charge in [-0.15, -0.1) is 0 Å². The zero-order valence-electron chi connectivity index (χ0n) is 21.0. The van der Waals surface area contributed by atoms with E-state index in [1.165, 1.54) is 62.9 Å². The lowest BCUT2D eigenvalue weighted by Gasteiger charge is -2.21. The third kappa shape index (κ3) is 14.2. The van der Waals surface area contributed by atoms with Gasteiger partial charge in [0, 0.05) is 23.3 Å². The van der Waals surface area contributed by atoms with Crippen LogP contribution in [0.25, 0.3) is 0 Å². The van der Waals surface area contributed by atoms with Crippen LogP contribution in [0.5, 0.6) is 0 Å². The molecule has 0 saturated carbocycles. The summed E-state index contributed by atoms with van der Waals surface area (Å²) in [4.78, 5) is 16.9. The minimum absolute atomic E-state index is 0.187. The number of urea groups is 1. The van der Waals surface area contributed by atoms with Gasteiger partial charge < -0.3 is 5.32 Å². The van der Waals surface area contributed by atoms with Gasteiger partial charge in [0.25, 0.3) is 0 Å². The van der Waals surface area contributed by atoms with Gasteiger partial charge in [-0.1, -0.05) is 97.7 Å². The van der Waals surface area contributed by atoms with E-state index in [2.05, 4.69) is 60.1 Å². The summed E-state index contributed by atoms with van der Waals surface area (Å²) in [6, 6.07) is 0.0278. The molecule has 0 fully saturated rings. The first kappa shape index (κ1) is 29.0. The molecule has 32 heavy (non-hydrogen) atoms. The Morgan fingerprint density at radius 1 is 0.906 bits per heavy atom. The Balaban J connectivity index is 2.43. The van der Waals surface area contributed by atoms with Crippen molar-refractivity contribution in [1.82, 2.24) is 20.1 Å². The minimum Gasteiger partial charge on any atom is -0.334 e. The average molecular weight is 486 g/mol. The fraction of sp³-hybridized carbons (Fsp3) is 0.875. The lowest BCUT2D eigenvalue weighted by molar-refractivity contribution is 0.235. The van der Waals surface area contributed by atoms with Crippen molar-refractivity contribution >= 4 is 34.5 Å². The molecule has 0 spiro atoms. The maximum atomic E-state index is 12.5. The molecule has 6 nitrogen and oxygen atoms in total. The van der Waals surface area contributed by atoms with E-state index in [4.69, 9.17) is 0 Å². The summed E-state index contributed by atoms with van der Waals surface area (Å²) < 4.78 is 4.33. The highest BCUT2D eigenvalue weighted by Gasteiger charge is 2.15. The van der Waals surface area contributed by atoms with Crippen molar-refractivity contribution in [2.75, 3.05) is 11.2 Å². The zero-order valence-corrected chi connectivity index (χ0v) is 22.7. The Kier molecular flexibility index (Phi) is 16.7. The predicted molar refractivity (Wildman–Crippen MR) is 140 cm³/mol.